The van der Waals surface area contributed by atoms with Crippen molar-refractivity contribution in [1.29, 1.82) is 0 Å². The summed E-state index contributed by atoms with van der Waals surface area (Å²) in [6.45, 7) is 2.58. The van der Waals surface area contributed by atoms with Crippen LogP contribution in [0.25, 0.3) is 0 Å². The summed E-state index contributed by atoms with van der Waals surface area (Å²) >= 11 is 0. The second-order valence-electron chi connectivity index (χ2n) is 7.41. The van der Waals surface area contributed by atoms with Gasteiger partial charge in [-0.3, -0.25) is 9.59 Å². The van der Waals surface area contributed by atoms with E-state index in [2.05, 4.69) is 0 Å². The van der Waals surface area contributed by atoms with Gasteiger partial charge in [-0.15, -0.1) is 0 Å². The van der Waals surface area contributed by atoms with Gasteiger partial charge >= 0.3 is 0 Å². The van der Waals surface area contributed by atoms with E-state index in [4.69, 9.17) is 9.47 Å². The molecule has 1 aromatic rings. The van der Waals surface area contributed by atoms with Crippen LogP contribution in [0.15, 0.2) is 18.2 Å². The van der Waals surface area contributed by atoms with Gasteiger partial charge in [0.15, 0.2) is 0 Å². The van der Waals surface area contributed by atoms with Crippen LogP contribution in [0.5, 0.6) is 11.5 Å². The second-order valence-corrected chi connectivity index (χ2v) is 7.41. The zero-order valence-electron chi connectivity index (χ0n) is 16.4. The summed E-state index contributed by atoms with van der Waals surface area (Å²) in [6.07, 6.45) is 6.41. The van der Waals surface area contributed by atoms with Crippen LogP contribution in [0.2, 0.25) is 0 Å². The van der Waals surface area contributed by atoms with Crippen molar-refractivity contribution >= 4 is 11.8 Å². The SMILES string of the molecule is COc1cc(OC)cc(C(=O)N2CCCN(C(=O)C3CCCCC3)CC2)c1. The maximum Gasteiger partial charge on any atom is 0.254 e. The van der Waals surface area contributed by atoms with E-state index < -0.39 is 0 Å². The van der Waals surface area contributed by atoms with Crippen LogP contribution >= 0.6 is 0 Å². The van der Waals surface area contributed by atoms with Gasteiger partial charge in [0.25, 0.3) is 5.91 Å². The molecule has 2 amide bonds. The van der Waals surface area contributed by atoms with Gasteiger partial charge in [0.05, 0.1) is 14.2 Å². The first-order valence-electron chi connectivity index (χ1n) is 9.93. The fraction of sp³-hybridized carbons (Fsp3) is 0.619. The van der Waals surface area contributed by atoms with Gasteiger partial charge in [-0.05, 0) is 31.4 Å². The summed E-state index contributed by atoms with van der Waals surface area (Å²) in [4.78, 5) is 29.6. The van der Waals surface area contributed by atoms with Gasteiger partial charge in [0.1, 0.15) is 11.5 Å². The molecule has 1 aliphatic heterocycles. The van der Waals surface area contributed by atoms with Crippen molar-refractivity contribution in [3.8, 4) is 11.5 Å². The maximum atomic E-state index is 13.0. The first-order chi connectivity index (χ1) is 13.1. The molecular weight excluding hydrogens is 344 g/mol. The lowest BCUT2D eigenvalue weighted by Crippen LogP contribution is -2.40. The lowest BCUT2D eigenvalue weighted by Gasteiger charge is -2.28. The normalized spacial score (nSPS) is 18.7. The van der Waals surface area contributed by atoms with Crippen molar-refractivity contribution in [3.63, 3.8) is 0 Å². The Balaban J connectivity index is 1.65. The number of carbonyl (C=O) groups excluding carboxylic acids is 2. The Bertz CT molecular complexity index is 648. The van der Waals surface area contributed by atoms with Crippen LogP contribution in [-0.4, -0.2) is 62.0 Å². The number of carbonyl (C=O) groups is 2. The van der Waals surface area contributed by atoms with Gasteiger partial charge in [0, 0.05) is 43.7 Å². The topological polar surface area (TPSA) is 59.1 Å². The molecule has 148 valence electrons. The van der Waals surface area contributed by atoms with E-state index in [1.807, 2.05) is 9.80 Å². The van der Waals surface area contributed by atoms with Crippen LogP contribution in [0.3, 0.4) is 0 Å². The summed E-state index contributed by atoms with van der Waals surface area (Å²) in [6, 6.07) is 5.23. The molecule has 0 N–H and O–H groups in total. The van der Waals surface area contributed by atoms with Gasteiger partial charge < -0.3 is 19.3 Å². The Labute approximate surface area is 161 Å². The predicted molar refractivity (Wildman–Crippen MR) is 103 cm³/mol. The van der Waals surface area contributed by atoms with Crippen LogP contribution < -0.4 is 9.47 Å². The third-order valence-electron chi connectivity index (χ3n) is 5.65. The zero-order chi connectivity index (χ0) is 19.2. The minimum Gasteiger partial charge on any atom is -0.497 e. The van der Waals surface area contributed by atoms with Crippen molar-refractivity contribution in [3.05, 3.63) is 23.8 Å². The lowest BCUT2D eigenvalue weighted by molar-refractivity contribution is -0.136. The summed E-state index contributed by atoms with van der Waals surface area (Å²) < 4.78 is 10.5. The average molecular weight is 374 g/mol. The predicted octanol–water partition coefficient (Wildman–Crippen LogP) is 2.96. The Kier molecular flexibility index (Phi) is 6.58. The maximum absolute atomic E-state index is 13.0. The van der Waals surface area contributed by atoms with Crippen molar-refractivity contribution in [2.24, 2.45) is 5.92 Å². The highest BCUT2D eigenvalue weighted by Gasteiger charge is 2.28. The number of methoxy groups -OCH3 is 2. The summed E-state index contributed by atoms with van der Waals surface area (Å²) in [5.74, 6) is 1.62. The molecule has 1 aromatic carbocycles. The van der Waals surface area contributed by atoms with Gasteiger partial charge in [-0.1, -0.05) is 19.3 Å². The van der Waals surface area contributed by atoms with Crippen LogP contribution in [0.1, 0.15) is 48.9 Å². The molecule has 0 unspecified atom stereocenters. The average Bonchev–Trinajstić information content (AvgIpc) is 2.99. The smallest absolute Gasteiger partial charge is 0.254 e. The van der Waals surface area contributed by atoms with Crippen LogP contribution in [0.4, 0.5) is 0 Å². The monoisotopic (exact) mass is 374 g/mol. The van der Waals surface area contributed by atoms with E-state index >= 15 is 0 Å². The quantitative estimate of drug-likeness (QED) is 0.813. The molecule has 2 fully saturated rings. The van der Waals surface area contributed by atoms with Gasteiger partial charge in [-0.25, -0.2) is 0 Å². The lowest BCUT2D eigenvalue weighted by atomic mass is 9.88. The minimum atomic E-state index is -0.0424. The molecule has 3 rings (SSSR count). The Morgan fingerprint density at radius 3 is 2.04 bits per heavy atom. The Morgan fingerprint density at radius 1 is 0.815 bits per heavy atom. The number of amides is 2. The van der Waals surface area contributed by atoms with E-state index in [0.29, 0.717) is 36.7 Å². The highest BCUT2D eigenvalue weighted by atomic mass is 16.5. The molecule has 1 heterocycles. The molecule has 0 bridgehead atoms. The summed E-state index contributed by atoms with van der Waals surface area (Å²) in [7, 11) is 3.15. The highest BCUT2D eigenvalue weighted by molar-refractivity contribution is 5.95. The van der Waals surface area contributed by atoms with Crippen LogP contribution in [-0.2, 0) is 4.79 Å². The standard InChI is InChI=1S/C21H30N2O4/c1-26-18-13-17(14-19(15-18)27-2)21(25)23-10-6-9-22(11-12-23)20(24)16-7-4-3-5-8-16/h13-16H,3-12H2,1-2H3. The molecule has 6 heteroatoms. The first-order valence-corrected chi connectivity index (χ1v) is 9.93. The number of hydrogen-bond acceptors (Lipinski definition) is 4. The molecule has 6 nitrogen and oxygen atoms in total. The number of rotatable bonds is 4. The Morgan fingerprint density at radius 2 is 1.41 bits per heavy atom. The molecule has 0 spiro atoms. The third kappa shape index (κ3) is 4.73. The molecule has 1 saturated carbocycles. The van der Waals surface area contributed by atoms with E-state index in [9.17, 15) is 9.59 Å². The van der Waals surface area contributed by atoms with Crippen molar-refractivity contribution < 1.29 is 19.1 Å². The van der Waals surface area contributed by atoms with Gasteiger partial charge in [0.2, 0.25) is 5.91 Å². The molecule has 0 aromatic heterocycles. The minimum absolute atomic E-state index is 0.0424. The van der Waals surface area contributed by atoms with E-state index in [0.717, 1.165) is 38.6 Å². The molecule has 0 atom stereocenters. The van der Waals surface area contributed by atoms with Crippen molar-refractivity contribution in [2.75, 3.05) is 40.4 Å². The van der Waals surface area contributed by atoms with Gasteiger partial charge in [-0.2, -0.15) is 0 Å². The molecular formula is C21H30N2O4. The van der Waals surface area contributed by atoms with Crippen molar-refractivity contribution in [2.45, 2.75) is 38.5 Å². The fourth-order valence-electron chi connectivity index (χ4n) is 4.06. The molecule has 1 aliphatic carbocycles. The molecule has 27 heavy (non-hydrogen) atoms. The number of hydrogen-bond donors (Lipinski definition) is 0. The fourth-order valence-corrected chi connectivity index (χ4v) is 4.06. The number of benzene rings is 1. The molecule has 1 saturated heterocycles. The zero-order valence-corrected chi connectivity index (χ0v) is 16.4. The second kappa shape index (κ2) is 9.11. The number of ether oxygens (including phenoxy) is 2. The largest absolute Gasteiger partial charge is 0.497 e. The highest BCUT2D eigenvalue weighted by Crippen LogP contribution is 2.27. The number of nitrogens with zero attached hydrogens (tertiary/aromatic N) is 2. The van der Waals surface area contributed by atoms with E-state index in [-0.39, 0.29) is 17.7 Å². The Hall–Kier alpha value is -2.24. The summed E-state index contributed by atoms with van der Waals surface area (Å²) in [5.41, 5.74) is 0.554. The molecule has 2 aliphatic rings. The molecule has 0 radical (unpaired) electrons. The van der Waals surface area contributed by atoms with E-state index in [1.54, 1.807) is 32.4 Å². The van der Waals surface area contributed by atoms with Crippen LogP contribution in [0, 0.1) is 5.92 Å². The third-order valence-corrected chi connectivity index (χ3v) is 5.65. The van der Waals surface area contributed by atoms with Crippen molar-refractivity contribution in [1.82, 2.24) is 9.80 Å². The summed E-state index contributed by atoms with van der Waals surface area (Å²) in [5, 5.41) is 0. The van der Waals surface area contributed by atoms with E-state index in [1.165, 1.54) is 6.42 Å². The first kappa shape index (κ1) is 19.5.